The normalized spacial score (nSPS) is 23.8. The molecule has 29 heavy (non-hydrogen) atoms. The van der Waals surface area contributed by atoms with Crippen LogP contribution < -0.4 is 11.5 Å². The summed E-state index contributed by atoms with van der Waals surface area (Å²) in [4.78, 5) is 5.75. The van der Waals surface area contributed by atoms with E-state index < -0.39 is 11.1 Å². The van der Waals surface area contributed by atoms with Gasteiger partial charge in [-0.1, -0.05) is 54.6 Å². The molecule has 0 saturated heterocycles. The average molecular weight is 405 g/mol. The molecule has 6 N–H and O–H groups in total. The number of thiazole rings is 1. The maximum Gasteiger partial charge on any atom is 0.142 e. The van der Waals surface area contributed by atoms with E-state index in [-0.39, 0.29) is 5.71 Å². The summed E-state index contributed by atoms with van der Waals surface area (Å²) in [6.07, 6.45) is 4.01. The highest BCUT2D eigenvalue weighted by atomic mass is 32.1. The van der Waals surface area contributed by atoms with Crippen molar-refractivity contribution in [2.24, 2.45) is 11.5 Å². The number of nitrogens with zero attached hydrogens (tertiary/aromatic N) is 1. The van der Waals surface area contributed by atoms with E-state index in [1.165, 1.54) is 17.5 Å². The molecule has 6 heteroatoms. The molecule has 3 aromatic rings. The van der Waals surface area contributed by atoms with Crippen LogP contribution >= 0.6 is 11.3 Å². The minimum absolute atomic E-state index is 0.287. The van der Waals surface area contributed by atoms with E-state index in [1.54, 1.807) is 6.08 Å². The highest BCUT2D eigenvalue weighted by Gasteiger charge is 2.49. The van der Waals surface area contributed by atoms with Crippen LogP contribution in [0, 0.1) is 5.41 Å². The van der Waals surface area contributed by atoms with Gasteiger partial charge in [0.05, 0.1) is 21.9 Å². The number of benzene rings is 2. The molecule has 0 radical (unpaired) electrons. The molecular formula is C23H24N4OS. The van der Waals surface area contributed by atoms with Crippen molar-refractivity contribution in [3.63, 3.8) is 0 Å². The molecule has 2 aromatic carbocycles. The highest BCUT2D eigenvalue weighted by Crippen LogP contribution is 2.46. The van der Waals surface area contributed by atoms with Gasteiger partial charge >= 0.3 is 0 Å². The van der Waals surface area contributed by atoms with Crippen molar-refractivity contribution < 1.29 is 5.11 Å². The zero-order valence-electron chi connectivity index (χ0n) is 16.2. The van der Waals surface area contributed by atoms with Crippen LogP contribution in [-0.4, -0.2) is 21.4 Å². The van der Waals surface area contributed by atoms with Gasteiger partial charge in [0, 0.05) is 11.1 Å². The van der Waals surface area contributed by atoms with Crippen LogP contribution in [0.5, 0.6) is 0 Å². The molecule has 0 aliphatic heterocycles. The zero-order chi connectivity index (χ0) is 20.6. The van der Waals surface area contributed by atoms with E-state index in [2.05, 4.69) is 0 Å². The SMILES string of the molecule is C[C@]1(O)C[C@@](N)(c2ccc(-c3nc(C(=N)/C=C\N)sc3-c3ccccc3)cc2)C1. The van der Waals surface area contributed by atoms with Gasteiger partial charge in [0.1, 0.15) is 5.01 Å². The lowest BCUT2D eigenvalue weighted by molar-refractivity contribution is -0.0738. The highest BCUT2D eigenvalue weighted by molar-refractivity contribution is 7.17. The minimum atomic E-state index is -0.686. The molecule has 148 valence electrons. The van der Waals surface area contributed by atoms with Gasteiger partial charge < -0.3 is 16.6 Å². The number of rotatable bonds is 5. The number of aliphatic hydroxyl groups is 1. The first-order valence-corrected chi connectivity index (χ1v) is 10.3. The lowest BCUT2D eigenvalue weighted by atomic mass is 9.63. The van der Waals surface area contributed by atoms with E-state index in [0.717, 1.165) is 27.3 Å². The third-order valence-electron chi connectivity index (χ3n) is 5.28. The van der Waals surface area contributed by atoms with E-state index in [9.17, 15) is 5.11 Å². The van der Waals surface area contributed by atoms with E-state index in [4.69, 9.17) is 21.9 Å². The van der Waals surface area contributed by atoms with Crippen LogP contribution in [0.25, 0.3) is 21.7 Å². The van der Waals surface area contributed by atoms with Crippen LogP contribution in [-0.2, 0) is 5.54 Å². The first kappa shape index (κ1) is 19.5. The van der Waals surface area contributed by atoms with Crippen LogP contribution in [0.15, 0.2) is 66.9 Å². The molecule has 5 nitrogen and oxygen atoms in total. The summed E-state index contributed by atoms with van der Waals surface area (Å²) in [5, 5.41) is 18.9. The van der Waals surface area contributed by atoms with Crippen molar-refractivity contribution in [2.75, 3.05) is 0 Å². The topological polar surface area (TPSA) is 109 Å². The second-order valence-electron chi connectivity index (χ2n) is 7.92. The van der Waals surface area contributed by atoms with Crippen LogP contribution in [0.3, 0.4) is 0 Å². The van der Waals surface area contributed by atoms with Crippen molar-refractivity contribution in [1.82, 2.24) is 4.98 Å². The van der Waals surface area contributed by atoms with Gasteiger partial charge in [-0.05, 0) is 43.2 Å². The number of hydrogen-bond donors (Lipinski definition) is 4. The van der Waals surface area contributed by atoms with Crippen molar-refractivity contribution in [3.05, 3.63) is 77.4 Å². The Bertz CT molecular complexity index is 1060. The van der Waals surface area contributed by atoms with E-state index >= 15 is 0 Å². The van der Waals surface area contributed by atoms with Crippen molar-refractivity contribution >= 4 is 17.0 Å². The van der Waals surface area contributed by atoms with Crippen LogP contribution in [0.1, 0.15) is 30.3 Å². The third kappa shape index (κ3) is 3.74. The Balaban J connectivity index is 1.73. The maximum atomic E-state index is 10.1. The first-order chi connectivity index (χ1) is 13.8. The molecule has 1 aliphatic carbocycles. The Morgan fingerprint density at radius 1 is 1.10 bits per heavy atom. The maximum absolute atomic E-state index is 10.1. The number of nitrogens with one attached hydrogen (secondary N) is 1. The monoisotopic (exact) mass is 404 g/mol. The summed E-state index contributed by atoms with van der Waals surface area (Å²) in [5.41, 5.74) is 14.9. The Hall–Kier alpha value is -2.80. The molecule has 0 amide bonds. The van der Waals surface area contributed by atoms with Gasteiger partial charge in [-0.2, -0.15) is 0 Å². The molecule has 1 heterocycles. The number of hydrogen-bond acceptors (Lipinski definition) is 6. The average Bonchev–Trinajstić information content (AvgIpc) is 3.13. The molecule has 4 rings (SSSR count). The van der Waals surface area contributed by atoms with Crippen LogP contribution in [0.4, 0.5) is 0 Å². The molecule has 0 atom stereocenters. The Morgan fingerprint density at radius 2 is 1.76 bits per heavy atom. The Morgan fingerprint density at radius 3 is 2.34 bits per heavy atom. The summed E-state index contributed by atoms with van der Waals surface area (Å²) >= 11 is 1.48. The fourth-order valence-corrected chi connectivity index (χ4v) is 5.08. The minimum Gasteiger partial charge on any atom is -0.405 e. The molecule has 0 spiro atoms. The van der Waals surface area contributed by atoms with Crippen LogP contribution in [0.2, 0.25) is 0 Å². The van der Waals surface area contributed by atoms with Gasteiger partial charge in [-0.15, -0.1) is 11.3 Å². The molecule has 1 aromatic heterocycles. The van der Waals surface area contributed by atoms with Crippen molar-refractivity contribution in [2.45, 2.75) is 30.9 Å². The molecule has 1 fully saturated rings. The third-order valence-corrected chi connectivity index (χ3v) is 6.42. The zero-order valence-corrected chi connectivity index (χ0v) is 17.0. The van der Waals surface area contributed by atoms with Gasteiger partial charge in [-0.3, -0.25) is 5.41 Å². The largest absolute Gasteiger partial charge is 0.405 e. The fraction of sp³-hybridized carbons (Fsp3) is 0.217. The lowest BCUT2D eigenvalue weighted by Gasteiger charge is -2.49. The molecular weight excluding hydrogens is 380 g/mol. The Kier molecular flexibility index (Phi) is 4.86. The molecule has 0 bridgehead atoms. The second kappa shape index (κ2) is 7.22. The summed E-state index contributed by atoms with van der Waals surface area (Å²) in [6, 6.07) is 18.1. The summed E-state index contributed by atoms with van der Waals surface area (Å²) in [6.45, 7) is 1.82. The fourth-order valence-electron chi connectivity index (χ4n) is 4.06. The summed E-state index contributed by atoms with van der Waals surface area (Å²) in [7, 11) is 0. The first-order valence-electron chi connectivity index (χ1n) is 9.47. The second-order valence-corrected chi connectivity index (χ2v) is 8.92. The van der Waals surface area contributed by atoms with E-state index in [1.807, 2.05) is 61.5 Å². The molecule has 1 aliphatic rings. The number of allylic oxidation sites excluding steroid dienone is 1. The van der Waals surface area contributed by atoms with Gasteiger partial charge in [-0.25, -0.2) is 4.98 Å². The molecule has 0 unspecified atom stereocenters. The number of aromatic nitrogens is 1. The van der Waals surface area contributed by atoms with E-state index in [0.29, 0.717) is 17.8 Å². The molecule has 1 saturated carbocycles. The van der Waals surface area contributed by atoms with Gasteiger partial charge in [0.2, 0.25) is 0 Å². The standard InChI is InChI=1S/C23H24N4OS/c1-22(28)13-23(26,14-22)17-9-7-15(8-10-17)19-20(16-5-3-2-4-6-16)29-21(27-19)18(25)11-12-24/h2-12,25,28H,13-14,24,26H2,1H3/b12-11-,25-18?/t22-,23-. The summed E-state index contributed by atoms with van der Waals surface area (Å²) in [5.74, 6) is 0. The Labute approximate surface area is 174 Å². The van der Waals surface area contributed by atoms with Crippen molar-refractivity contribution in [3.8, 4) is 21.7 Å². The van der Waals surface area contributed by atoms with Crippen molar-refractivity contribution in [1.29, 1.82) is 5.41 Å². The van der Waals surface area contributed by atoms with Gasteiger partial charge in [0.15, 0.2) is 0 Å². The predicted octanol–water partition coefficient (Wildman–Crippen LogP) is 4.02. The predicted molar refractivity (Wildman–Crippen MR) is 119 cm³/mol. The van der Waals surface area contributed by atoms with Gasteiger partial charge in [0.25, 0.3) is 0 Å². The smallest absolute Gasteiger partial charge is 0.142 e. The quantitative estimate of drug-likeness (QED) is 0.482. The number of nitrogens with two attached hydrogens (primary N) is 2. The lowest BCUT2D eigenvalue weighted by Crippen LogP contribution is -2.58. The summed E-state index contributed by atoms with van der Waals surface area (Å²) < 4.78 is 0.